The lowest BCUT2D eigenvalue weighted by molar-refractivity contribution is 0.0760. The van der Waals surface area contributed by atoms with Gasteiger partial charge in [-0.3, -0.25) is 4.79 Å². The van der Waals surface area contributed by atoms with Crippen molar-refractivity contribution < 1.29 is 9.90 Å². The van der Waals surface area contributed by atoms with Crippen molar-refractivity contribution >= 4 is 5.91 Å². The molecule has 1 heterocycles. The molecule has 3 nitrogen and oxygen atoms in total. The van der Waals surface area contributed by atoms with Crippen molar-refractivity contribution in [2.24, 2.45) is 5.92 Å². The van der Waals surface area contributed by atoms with Crippen LogP contribution in [0, 0.1) is 17.8 Å². The molecular weight excluding hydrogens is 250 g/mol. The Labute approximate surface area is 120 Å². The Morgan fingerprint density at radius 2 is 2.05 bits per heavy atom. The molecule has 1 aromatic rings. The SMILES string of the molecule is CC1CCCN(C(=O)c2ccc(C#CCO)cc2)CC1. The van der Waals surface area contributed by atoms with Crippen LogP contribution < -0.4 is 0 Å². The van der Waals surface area contributed by atoms with E-state index < -0.39 is 0 Å². The van der Waals surface area contributed by atoms with Crippen molar-refractivity contribution in [1.29, 1.82) is 0 Å². The summed E-state index contributed by atoms with van der Waals surface area (Å²) in [5, 5.41) is 8.65. The van der Waals surface area contributed by atoms with E-state index >= 15 is 0 Å². The third kappa shape index (κ3) is 3.85. The van der Waals surface area contributed by atoms with E-state index in [-0.39, 0.29) is 12.5 Å². The summed E-state index contributed by atoms with van der Waals surface area (Å²) in [6.45, 7) is 3.82. The molecule has 0 saturated carbocycles. The number of carbonyl (C=O) groups excluding carboxylic acids is 1. The monoisotopic (exact) mass is 271 g/mol. The third-order valence-electron chi connectivity index (χ3n) is 3.75. The van der Waals surface area contributed by atoms with E-state index in [1.165, 1.54) is 6.42 Å². The second-order valence-electron chi connectivity index (χ2n) is 5.37. The molecule has 1 N–H and O–H groups in total. The van der Waals surface area contributed by atoms with Crippen LogP contribution in [0.3, 0.4) is 0 Å². The molecule has 1 saturated heterocycles. The zero-order valence-electron chi connectivity index (χ0n) is 11.9. The maximum atomic E-state index is 12.4. The van der Waals surface area contributed by atoms with Gasteiger partial charge in [0.05, 0.1) is 0 Å². The molecule has 0 radical (unpaired) electrons. The van der Waals surface area contributed by atoms with Gasteiger partial charge in [-0.2, -0.15) is 0 Å². The lowest BCUT2D eigenvalue weighted by Crippen LogP contribution is -2.31. The normalized spacial score (nSPS) is 18.9. The first-order valence-electron chi connectivity index (χ1n) is 7.20. The Balaban J connectivity index is 2.05. The highest BCUT2D eigenvalue weighted by Crippen LogP contribution is 2.18. The number of hydrogen-bond donors (Lipinski definition) is 1. The molecule has 1 aromatic carbocycles. The number of rotatable bonds is 1. The van der Waals surface area contributed by atoms with Crippen LogP contribution in [0.15, 0.2) is 24.3 Å². The first-order chi connectivity index (χ1) is 9.70. The zero-order valence-corrected chi connectivity index (χ0v) is 11.9. The Bertz CT molecular complexity index is 510. The second kappa shape index (κ2) is 7.12. The topological polar surface area (TPSA) is 40.5 Å². The van der Waals surface area contributed by atoms with Crippen LogP contribution in [0.4, 0.5) is 0 Å². The Morgan fingerprint density at radius 1 is 1.30 bits per heavy atom. The van der Waals surface area contributed by atoms with Crippen LogP contribution in [0.2, 0.25) is 0 Å². The molecule has 1 fully saturated rings. The van der Waals surface area contributed by atoms with E-state index in [1.807, 2.05) is 29.2 Å². The lowest BCUT2D eigenvalue weighted by atomic mass is 10.0. The molecule has 0 aromatic heterocycles. The van der Waals surface area contributed by atoms with Gasteiger partial charge in [0.25, 0.3) is 5.91 Å². The van der Waals surface area contributed by atoms with Crippen LogP contribution >= 0.6 is 0 Å². The number of nitrogens with zero attached hydrogens (tertiary/aromatic N) is 1. The largest absolute Gasteiger partial charge is 0.384 e. The fourth-order valence-corrected chi connectivity index (χ4v) is 2.49. The number of amides is 1. The molecular formula is C17H21NO2. The molecule has 2 rings (SSSR count). The number of hydrogen-bond acceptors (Lipinski definition) is 2. The molecule has 1 amide bonds. The van der Waals surface area contributed by atoms with E-state index in [0.717, 1.165) is 31.5 Å². The van der Waals surface area contributed by atoms with Crippen molar-refractivity contribution in [2.75, 3.05) is 19.7 Å². The average molecular weight is 271 g/mol. The van der Waals surface area contributed by atoms with Gasteiger partial charge in [0.1, 0.15) is 6.61 Å². The van der Waals surface area contributed by atoms with Crippen molar-refractivity contribution in [3.63, 3.8) is 0 Å². The van der Waals surface area contributed by atoms with Crippen LogP contribution in [-0.4, -0.2) is 35.6 Å². The summed E-state index contributed by atoms with van der Waals surface area (Å²) in [4.78, 5) is 14.4. The highest BCUT2D eigenvalue weighted by molar-refractivity contribution is 5.94. The van der Waals surface area contributed by atoms with E-state index in [9.17, 15) is 4.79 Å². The van der Waals surface area contributed by atoms with E-state index in [1.54, 1.807) is 0 Å². The predicted octanol–water partition coefficient (Wildman–Crippen LogP) is 2.29. The third-order valence-corrected chi connectivity index (χ3v) is 3.75. The maximum absolute atomic E-state index is 12.4. The molecule has 0 spiro atoms. The lowest BCUT2D eigenvalue weighted by Gasteiger charge is -2.20. The highest BCUT2D eigenvalue weighted by atomic mass is 16.2. The van der Waals surface area contributed by atoms with Gasteiger partial charge in [0.2, 0.25) is 0 Å². The van der Waals surface area contributed by atoms with Gasteiger partial charge >= 0.3 is 0 Å². The van der Waals surface area contributed by atoms with Gasteiger partial charge in [0, 0.05) is 24.2 Å². The molecule has 1 aliphatic rings. The molecule has 0 bridgehead atoms. The number of aliphatic hydroxyl groups excluding tert-OH is 1. The van der Waals surface area contributed by atoms with Crippen molar-refractivity contribution in [1.82, 2.24) is 4.90 Å². The maximum Gasteiger partial charge on any atom is 0.253 e. The van der Waals surface area contributed by atoms with E-state index in [4.69, 9.17) is 5.11 Å². The van der Waals surface area contributed by atoms with Gasteiger partial charge in [-0.05, 0) is 49.4 Å². The van der Waals surface area contributed by atoms with Gasteiger partial charge in [-0.15, -0.1) is 0 Å². The molecule has 3 heteroatoms. The van der Waals surface area contributed by atoms with Crippen LogP contribution in [0.1, 0.15) is 42.1 Å². The first kappa shape index (κ1) is 14.6. The number of likely N-dealkylation sites (tertiary alicyclic amines) is 1. The van der Waals surface area contributed by atoms with Gasteiger partial charge < -0.3 is 10.0 Å². The fraction of sp³-hybridized carbons (Fsp3) is 0.471. The number of aliphatic hydroxyl groups is 1. The van der Waals surface area contributed by atoms with Crippen molar-refractivity contribution in [3.8, 4) is 11.8 Å². The van der Waals surface area contributed by atoms with Crippen molar-refractivity contribution in [2.45, 2.75) is 26.2 Å². The summed E-state index contributed by atoms with van der Waals surface area (Å²) in [5.41, 5.74) is 1.54. The summed E-state index contributed by atoms with van der Waals surface area (Å²) in [6, 6.07) is 7.29. The highest BCUT2D eigenvalue weighted by Gasteiger charge is 2.19. The molecule has 1 aliphatic heterocycles. The summed E-state index contributed by atoms with van der Waals surface area (Å²) in [7, 11) is 0. The Morgan fingerprint density at radius 3 is 2.75 bits per heavy atom. The smallest absolute Gasteiger partial charge is 0.253 e. The van der Waals surface area contributed by atoms with Gasteiger partial charge in [-0.25, -0.2) is 0 Å². The minimum atomic E-state index is -0.146. The van der Waals surface area contributed by atoms with Gasteiger partial charge in [0.15, 0.2) is 0 Å². The molecule has 106 valence electrons. The number of benzene rings is 1. The quantitative estimate of drug-likeness (QED) is 0.796. The fourth-order valence-electron chi connectivity index (χ4n) is 2.49. The second-order valence-corrected chi connectivity index (χ2v) is 5.37. The van der Waals surface area contributed by atoms with Crippen LogP contribution in [0.25, 0.3) is 0 Å². The Hall–Kier alpha value is -1.79. The number of carbonyl (C=O) groups is 1. The summed E-state index contributed by atoms with van der Waals surface area (Å²) in [5.74, 6) is 6.25. The van der Waals surface area contributed by atoms with Crippen molar-refractivity contribution in [3.05, 3.63) is 35.4 Å². The van der Waals surface area contributed by atoms with E-state index in [2.05, 4.69) is 18.8 Å². The molecule has 0 aliphatic carbocycles. The zero-order chi connectivity index (χ0) is 14.4. The standard InChI is InChI=1S/C17H21NO2/c1-14-4-2-11-18(12-10-14)17(20)16-8-6-15(7-9-16)5-3-13-19/h6-9,14,19H,2,4,10-13H2,1H3. The van der Waals surface area contributed by atoms with Gasteiger partial charge in [-0.1, -0.05) is 18.8 Å². The molecule has 1 unspecified atom stereocenters. The van der Waals surface area contributed by atoms with E-state index in [0.29, 0.717) is 11.5 Å². The predicted molar refractivity (Wildman–Crippen MR) is 79.3 cm³/mol. The first-order valence-corrected chi connectivity index (χ1v) is 7.20. The average Bonchev–Trinajstić information content (AvgIpc) is 2.70. The molecule has 20 heavy (non-hydrogen) atoms. The minimum absolute atomic E-state index is 0.112. The minimum Gasteiger partial charge on any atom is -0.384 e. The summed E-state index contributed by atoms with van der Waals surface area (Å²) < 4.78 is 0. The summed E-state index contributed by atoms with van der Waals surface area (Å²) >= 11 is 0. The van der Waals surface area contributed by atoms with Crippen LogP contribution in [0.5, 0.6) is 0 Å². The summed E-state index contributed by atoms with van der Waals surface area (Å²) in [6.07, 6.45) is 3.39. The molecule has 1 atom stereocenters. The Kier molecular flexibility index (Phi) is 5.20. The van der Waals surface area contributed by atoms with Crippen LogP contribution in [-0.2, 0) is 0 Å².